The van der Waals surface area contributed by atoms with E-state index in [1.807, 2.05) is 0 Å². The first kappa shape index (κ1) is 17.4. The molecular weight excluding hydrogens is 414 g/mol. The minimum atomic E-state index is -4.37. The van der Waals surface area contributed by atoms with E-state index in [4.69, 9.17) is 5.73 Å². The van der Waals surface area contributed by atoms with Gasteiger partial charge in [-0.05, 0) is 23.8 Å². The summed E-state index contributed by atoms with van der Waals surface area (Å²) >= 11 is 3.09. The highest BCUT2D eigenvalue weighted by Crippen LogP contribution is 2.39. The maximum Gasteiger partial charge on any atom is 0.291 e. The van der Waals surface area contributed by atoms with Crippen molar-refractivity contribution in [3.63, 3.8) is 0 Å². The van der Waals surface area contributed by atoms with E-state index < -0.39 is 37.5 Å². The number of amides is 1. The van der Waals surface area contributed by atoms with Gasteiger partial charge in [-0.1, -0.05) is 34.1 Å². The second-order valence-corrected chi connectivity index (χ2v) is 8.12. The number of nitro benzene ring substituents is 1. The molecule has 1 aliphatic rings. The van der Waals surface area contributed by atoms with Crippen LogP contribution in [0.3, 0.4) is 0 Å². The maximum atomic E-state index is 13.1. The van der Waals surface area contributed by atoms with Crippen molar-refractivity contribution >= 4 is 43.2 Å². The second kappa shape index (κ2) is 6.12. The van der Waals surface area contributed by atoms with Crippen molar-refractivity contribution in [1.29, 1.82) is 0 Å². The summed E-state index contributed by atoms with van der Waals surface area (Å²) in [5.74, 6) is -0.820. The first-order valence-electron chi connectivity index (χ1n) is 7.09. The highest BCUT2D eigenvalue weighted by molar-refractivity contribution is 9.10. The van der Waals surface area contributed by atoms with Crippen LogP contribution >= 0.6 is 15.9 Å². The third-order valence-electron chi connectivity index (χ3n) is 3.91. The fraction of sp³-hybridized carbons (Fsp3) is 0.133. The zero-order chi connectivity index (χ0) is 18.4. The van der Waals surface area contributed by atoms with Crippen LogP contribution in [-0.2, 0) is 21.2 Å². The van der Waals surface area contributed by atoms with Crippen molar-refractivity contribution in [2.24, 2.45) is 5.73 Å². The van der Waals surface area contributed by atoms with Crippen LogP contribution in [0.4, 0.5) is 11.4 Å². The lowest BCUT2D eigenvalue weighted by Crippen LogP contribution is -2.46. The van der Waals surface area contributed by atoms with Crippen LogP contribution in [0.1, 0.15) is 5.56 Å². The summed E-state index contributed by atoms with van der Waals surface area (Å²) in [6.45, 7) is 0. The molecule has 25 heavy (non-hydrogen) atoms. The number of nitro groups is 1. The molecule has 0 saturated heterocycles. The SMILES string of the molecule is NC(=O)[C@@H]1Cc2ccccc2N1S(=O)(=O)c1ccc(Br)cc1[N+](=O)[O-]. The fourth-order valence-electron chi connectivity index (χ4n) is 2.83. The number of hydrogen-bond acceptors (Lipinski definition) is 5. The molecule has 1 amide bonds. The van der Waals surface area contributed by atoms with Gasteiger partial charge in [-0.3, -0.25) is 19.2 Å². The van der Waals surface area contributed by atoms with E-state index >= 15 is 0 Å². The van der Waals surface area contributed by atoms with Crippen LogP contribution in [0.15, 0.2) is 51.8 Å². The predicted molar refractivity (Wildman–Crippen MR) is 93.6 cm³/mol. The van der Waals surface area contributed by atoms with Crippen molar-refractivity contribution in [3.8, 4) is 0 Å². The molecule has 0 aromatic heterocycles. The number of nitrogens with zero attached hydrogens (tertiary/aromatic N) is 2. The molecule has 0 saturated carbocycles. The van der Waals surface area contributed by atoms with Crippen molar-refractivity contribution in [1.82, 2.24) is 0 Å². The normalized spacial score (nSPS) is 16.5. The number of carbonyl (C=O) groups is 1. The van der Waals surface area contributed by atoms with Crippen LogP contribution in [-0.4, -0.2) is 25.3 Å². The number of anilines is 1. The zero-order valence-electron chi connectivity index (χ0n) is 12.6. The number of primary amides is 1. The Kier molecular flexibility index (Phi) is 4.25. The number of halogens is 1. The van der Waals surface area contributed by atoms with Crippen molar-refractivity contribution in [2.45, 2.75) is 17.4 Å². The molecule has 1 aliphatic heterocycles. The quantitative estimate of drug-likeness (QED) is 0.591. The number of hydrogen-bond donors (Lipinski definition) is 1. The number of sulfonamides is 1. The van der Waals surface area contributed by atoms with Gasteiger partial charge >= 0.3 is 0 Å². The summed E-state index contributed by atoms with van der Waals surface area (Å²) in [7, 11) is -4.37. The van der Waals surface area contributed by atoms with Gasteiger partial charge in [0.2, 0.25) is 5.91 Å². The van der Waals surface area contributed by atoms with Gasteiger partial charge in [0.15, 0.2) is 4.90 Å². The van der Waals surface area contributed by atoms with Gasteiger partial charge < -0.3 is 5.73 Å². The van der Waals surface area contributed by atoms with Crippen molar-refractivity contribution in [3.05, 3.63) is 62.6 Å². The molecular formula is C15H12BrN3O5S. The minimum Gasteiger partial charge on any atom is -0.368 e. The van der Waals surface area contributed by atoms with Crippen molar-refractivity contribution < 1.29 is 18.1 Å². The third kappa shape index (κ3) is 2.87. The molecule has 8 nitrogen and oxygen atoms in total. The highest BCUT2D eigenvalue weighted by atomic mass is 79.9. The Bertz CT molecular complexity index is 992. The van der Waals surface area contributed by atoms with Gasteiger partial charge in [-0.25, -0.2) is 8.42 Å². The lowest BCUT2D eigenvalue weighted by molar-refractivity contribution is -0.387. The zero-order valence-corrected chi connectivity index (χ0v) is 15.0. The number of carbonyl (C=O) groups excluding carboxylic acids is 1. The van der Waals surface area contributed by atoms with Crippen LogP contribution in [0.25, 0.3) is 0 Å². The topological polar surface area (TPSA) is 124 Å². The molecule has 0 unspecified atom stereocenters. The van der Waals surface area contributed by atoms with Gasteiger partial charge in [0.25, 0.3) is 15.7 Å². The van der Waals surface area contributed by atoms with E-state index in [0.29, 0.717) is 15.7 Å². The molecule has 0 radical (unpaired) electrons. The summed E-state index contributed by atoms with van der Waals surface area (Å²) in [5, 5.41) is 11.3. The number of benzene rings is 2. The Morgan fingerprint density at radius 3 is 2.60 bits per heavy atom. The summed E-state index contributed by atoms with van der Waals surface area (Å²) in [5.41, 5.74) is 5.73. The van der Waals surface area contributed by atoms with E-state index in [9.17, 15) is 23.3 Å². The molecule has 0 fully saturated rings. The lowest BCUT2D eigenvalue weighted by atomic mass is 10.1. The summed E-state index contributed by atoms with van der Waals surface area (Å²) < 4.78 is 27.5. The second-order valence-electron chi connectivity index (χ2n) is 5.42. The fourth-order valence-corrected chi connectivity index (χ4v) is 4.98. The molecule has 2 N–H and O–H groups in total. The molecule has 2 aromatic rings. The van der Waals surface area contributed by atoms with Crippen LogP contribution in [0, 0.1) is 10.1 Å². The monoisotopic (exact) mass is 425 g/mol. The molecule has 0 spiro atoms. The van der Waals surface area contributed by atoms with Gasteiger partial charge in [-0.15, -0.1) is 0 Å². The average molecular weight is 426 g/mol. The Morgan fingerprint density at radius 1 is 1.28 bits per heavy atom. The minimum absolute atomic E-state index is 0.120. The molecule has 1 atom stereocenters. The first-order valence-corrected chi connectivity index (χ1v) is 9.32. The average Bonchev–Trinajstić information content (AvgIpc) is 2.95. The molecule has 2 aromatic carbocycles. The number of rotatable bonds is 4. The van der Waals surface area contributed by atoms with Gasteiger partial charge in [0, 0.05) is 17.0 Å². The van der Waals surface area contributed by atoms with E-state index in [2.05, 4.69) is 15.9 Å². The Labute approximate surface area is 151 Å². The van der Waals surface area contributed by atoms with Crippen LogP contribution in [0.5, 0.6) is 0 Å². The van der Waals surface area contributed by atoms with E-state index in [1.165, 1.54) is 6.07 Å². The van der Waals surface area contributed by atoms with Gasteiger partial charge in [0.05, 0.1) is 10.6 Å². The standard InChI is InChI=1S/C15H12BrN3O5S/c16-10-5-6-14(12(8-10)19(21)22)25(23,24)18-11-4-2-1-3-9(11)7-13(18)15(17)20/h1-6,8,13H,7H2,(H2,17,20)/t13-/m0/s1. The Balaban J connectivity index is 2.23. The molecule has 3 rings (SSSR count). The first-order chi connectivity index (χ1) is 11.7. The maximum absolute atomic E-state index is 13.1. The lowest BCUT2D eigenvalue weighted by Gasteiger charge is -2.24. The Hall–Kier alpha value is -2.46. The highest BCUT2D eigenvalue weighted by Gasteiger charge is 2.43. The molecule has 10 heteroatoms. The molecule has 0 bridgehead atoms. The predicted octanol–water partition coefficient (Wildman–Crippen LogP) is 1.96. The number of nitrogens with two attached hydrogens (primary N) is 1. The Morgan fingerprint density at radius 2 is 1.96 bits per heavy atom. The molecule has 1 heterocycles. The smallest absolute Gasteiger partial charge is 0.291 e. The van der Waals surface area contributed by atoms with Crippen LogP contribution < -0.4 is 10.0 Å². The van der Waals surface area contributed by atoms with E-state index in [1.54, 1.807) is 24.3 Å². The van der Waals surface area contributed by atoms with Crippen LogP contribution in [0.2, 0.25) is 0 Å². The van der Waals surface area contributed by atoms with Gasteiger partial charge in [-0.2, -0.15) is 0 Å². The van der Waals surface area contributed by atoms with Gasteiger partial charge in [0.1, 0.15) is 6.04 Å². The summed E-state index contributed by atoms with van der Waals surface area (Å²) in [6, 6.07) is 9.07. The van der Waals surface area contributed by atoms with E-state index in [-0.39, 0.29) is 6.42 Å². The third-order valence-corrected chi connectivity index (χ3v) is 6.27. The molecule has 130 valence electrons. The van der Waals surface area contributed by atoms with Crippen molar-refractivity contribution in [2.75, 3.05) is 4.31 Å². The largest absolute Gasteiger partial charge is 0.368 e. The number of fused-ring (bicyclic) bond motifs is 1. The molecule has 0 aliphatic carbocycles. The van der Waals surface area contributed by atoms with E-state index in [0.717, 1.165) is 16.4 Å². The summed E-state index contributed by atoms with van der Waals surface area (Å²) in [4.78, 5) is 21.8. The number of para-hydroxylation sites is 1. The summed E-state index contributed by atoms with van der Waals surface area (Å²) in [6.07, 6.45) is 0.120.